The predicted octanol–water partition coefficient (Wildman–Crippen LogP) is 2.04. The molecule has 28 N–H and O–H groups in total. The number of nitrogens with two attached hydrogens (primary N) is 12. The third kappa shape index (κ3) is 118. The third-order valence-electron chi connectivity index (χ3n) is 8.08. The third-order valence-corrected chi connectivity index (χ3v) is 8.08. The lowest BCUT2D eigenvalue weighted by atomic mass is 10.1. The molecule has 0 aromatic carbocycles. The predicted molar refractivity (Wildman–Crippen MR) is 274 cm³/mol. The number of nitrogens with one attached hydrogen (secondary N) is 4. The van der Waals surface area contributed by atoms with Crippen molar-refractivity contribution in [3.63, 3.8) is 0 Å². The maximum Gasteiger partial charge on any atom is 0.0520 e. The number of hydrogen-bond acceptors (Lipinski definition) is 16. The molecule has 0 saturated heterocycles. The first kappa shape index (κ1) is 76.6. The van der Waals surface area contributed by atoms with Gasteiger partial charge >= 0.3 is 0 Å². The maximum atomic E-state index is 5.39. The zero-order valence-corrected chi connectivity index (χ0v) is 41.9. The molecule has 0 heterocycles. The number of unbranched alkanes of at least 4 members (excludes halogenated alkanes) is 4. The van der Waals surface area contributed by atoms with Crippen LogP contribution in [0, 0.1) is 11.8 Å². The fourth-order valence-electron chi connectivity index (χ4n) is 4.26. The molecule has 0 aliphatic heterocycles. The van der Waals surface area contributed by atoms with E-state index >= 15 is 0 Å². The van der Waals surface area contributed by atoms with Crippen LogP contribution in [0.3, 0.4) is 0 Å². The zero-order valence-electron chi connectivity index (χ0n) is 41.9. The average molecular weight is 874 g/mol. The second-order valence-corrected chi connectivity index (χ2v) is 14.7. The molecule has 0 atom stereocenters. The Kier molecular flexibility index (Phi) is 109. The van der Waals surface area contributed by atoms with Crippen LogP contribution in [0.1, 0.15) is 158 Å². The minimum Gasteiger partial charge on any atom is -0.330 e. The highest BCUT2D eigenvalue weighted by atomic mass is 14.9. The molecule has 0 aromatic rings. The van der Waals surface area contributed by atoms with Gasteiger partial charge in [-0.25, -0.2) is 0 Å². The van der Waals surface area contributed by atoms with Gasteiger partial charge in [0.15, 0.2) is 0 Å². The van der Waals surface area contributed by atoms with Gasteiger partial charge in [-0.2, -0.15) is 0 Å². The van der Waals surface area contributed by atoms with Crippen molar-refractivity contribution in [2.24, 2.45) is 80.6 Å². The Hall–Kier alpha value is -0.640. The van der Waals surface area contributed by atoms with E-state index in [1.54, 1.807) is 0 Å². The van der Waals surface area contributed by atoms with E-state index in [0.717, 1.165) is 130 Å². The molecule has 0 aliphatic rings. The standard InChI is InChI=1S/6C6H16N2.2C4H12N2/c2*1-2-3-6(4-7)5-8;4*1-2-3-5-8-6-4-7;2*1-2-3-4(5)6/h2*6H,2-5,7-8H2,1H3;4*8H,2-7H2,1H3;2*4H,2-3,5-6H2,1H3. The van der Waals surface area contributed by atoms with Crippen LogP contribution in [-0.4, -0.2) is 117 Å². The van der Waals surface area contributed by atoms with E-state index in [1.807, 2.05) is 0 Å². The zero-order chi connectivity index (χ0) is 47.8. The highest BCUT2D eigenvalue weighted by molar-refractivity contribution is 4.59. The summed E-state index contributed by atoms with van der Waals surface area (Å²) < 4.78 is 0. The molecule has 0 saturated carbocycles. The first-order valence-corrected chi connectivity index (χ1v) is 24.4. The van der Waals surface area contributed by atoms with Gasteiger partial charge in [0.25, 0.3) is 0 Å². The summed E-state index contributed by atoms with van der Waals surface area (Å²) in [5, 5.41) is 12.8. The van der Waals surface area contributed by atoms with Crippen molar-refractivity contribution in [2.75, 3.05) is 105 Å². The van der Waals surface area contributed by atoms with Crippen molar-refractivity contribution < 1.29 is 0 Å². The van der Waals surface area contributed by atoms with Crippen molar-refractivity contribution >= 4 is 0 Å². The van der Waals surface area contributed by atoms with E-state index in [1.165, 1.54) is 77.0 Å². The van der Waals surface area contributed by atoms with Crippen LogP contribution in [0.4, 0.5) is 0 Å². The topological polar surface area (TPSA) is 360 Å². The summed E-state index contributed by atoms with van der Waals surface area (Å²) in [5.74, 6) is 1.11. The van der Waals surface area contributed by atoms with E-state index in [2.05, 4.69) is 76.7 Å². The summed E-state index contributed by atoms with van der Waals surface area (Å²) in [6.45, 7) is 31.4. The fourth-order valence-corrected chi connectivity index (χ4v) is 4.26. The van der Waals surface area contributed by atoms with E-state index in [-0.39, 0.29) is 12.3 Å². The normalized spacial score (nSPS) is 10.0. The Morgan fingerprint density at radius 3 is 0.567 bits per heavy atom. The summed E-state index contributed by atoms with van der Waals surface area (Å²) in [5.41, 5.74) is 63.3. The van der Waals surface area contributed by atoms with Gasteiger partial charge in [-0.05, 0) is 116 Å². The largest absolute Gasteiger partial charge is 0.330 e. The van der Waals surface area contributed by atoms with E-state index in [4.69, 9.17) is 68.8 Å². The highest BCUT2D eigenvalue weighted by Gasteiger charge is 2.00. The highest BCUT2D eigenvalue weighted by Crippen LogP contribution is 2.01. The van der Waals surface area contributed by atoms with Gasteiger partial charge in [-0.15, -0.1) is 0 Å². The molecular weight excluding hydrogens is 753 g/mol. The first-order valence-electron chi connectivity index (χ1n) is 24.4. The molecule has 376 valence electrons. The van der Waals surface area contributed by atoms with Gasteiger partial charge in [-0.3, -0.25) is 0 Å². The first-order chi connectivity index (χ1) is 28.9. The lowest BCUT2D eigenvalue weighted by Crippen LogP contribution is -2.29. The van der Waals surface area contributed by atoms with Gasteiger partial charge in [0.05, 0.1) is 12.3 Å². The molecule has 0 unspecified atom stereocenters. The molecule has 0 fully saturated rings. The maximum absolute atomic E-state index is 5.39. The molecule has 0 bridgehead atoms. The van der Waals surface area contributed by atoms with Crippen LogP contribution < -0.4 is 90.1 Å². The lowest BCUT2D eigenvalue weighted by molar-refractivity contribution is 0.501. The summed E-state index contributed by atoms with van der Waals surface area (Å²) in [6, 6.07) is 0. The van der Waals surface area contributed by atoms with Crippen LogP contribution in [0.25, 0.3) is 0 Å². The Balaban J connectivity index is -0.0000000860. The summed E-state index contributed by atoms with van der Waals surface area (Å²) in [4.78, 5) is 0. The number of hydrogen-bond donors (Lipinski definition) is 16. The lowest BCUT2D eigenvalue weighted by Gasteiger charge is -2.08. The quantitative estimate of drug-likeness (QED) is 0.0340. The van der Waals surface area contributed by atoms with Gasteiger partial charge in [-0.1, -0.05) is 107 Å². The molecule has 60 heavy (non-hydrogen) atoms. The van der Waals surface area contributed by atoms with E-state index in [9.17, 15) is 0 Å². The monoisotopic (exact) mass is 873 g/mol. The van der Waals surface area contributed by atoms with Crippen molar-refractivity contribution in [3.05, 3.63) is 0 Å². The van der Waals surface area contributed by atoms with Gasteiger partial charge in [0.1, 0.15) is 0 Å². The summed E-state index contributed by atoms with van der Waals surface area (Å²) >= 11 is 0. The molecule has 0 amide bonds. The Bertz CT molecular complexity index is 478. The van der Waals surface area contributed by atoms with Crippen LogP contribution in [0.15, 0.2) is 0 Å². The summed E-state index contributed by atoms with van der Waals surface area (Å²) in [6.07, 6.45) is 18.7. The fraction of sp³-hybridized carbons (Fsp3) is 1.00. The number of rotatable bonds is 32. The van der Waals surface area contributed by atoms with Crippen LogP contribution in [0.5, 0.6) is 0 Å². The van der Waals surface area contributed by atoms with Crippen molar-refractivity contribution in [1.29, 1.82) is 0 Å². The minimum absolute atomic E-state index is 0.102. The second kappa shape index (κ2) is 85.6. The van der Waals surface area contributed by atoms with Crippen LogP contribution in [0.2, 0.25) is 0 Å². The Labute approximate surface area is 376 Å². The van der Waals surface area contributed by atoms with Crippen molar-refractivity contribution in [1.82, 2.24) is 21.3 Å². The Morgan fingerprint density at radius 1 is 0.283 bits per heavy atom. The summed E-state index contributed by atoms with van der Waals surface area (Å²) in [7, 11) is 0. The van der Waals surface area contributed by atoms with Gasteiger partial charge in [0, 0.05) is 52.4 Å². The molecular formula is C44H120N16. The second-order valence-electron chi connectivity index (χ2n) is 14.7. The molecule has 0 rings (SSSR count). The molecule has 16 nitrogen and oxygen atoms in total. The average Bonchev–Trinajstić information content (AvgIpc) is 3.24. The Morgan fingerprint density at radius 2 is 0.483 bits per heavy atom. The SMILES string of the molecule is CCCC(CN)CN.CCCC(CN)CN.CCCC(N)N.CCCC(N)N.CCCCNCCN.CCCCNCCN.CCCCNCCN.CCCCNCCN. The molecule has 0 radical (unpaired) electrons. The molecule has 0 aliphatic carbocycles. The smallest absolute Gasteiger partial charge is 0.0520 e. The van der Waals surface area contributed by atoms with Crippen LogP contribution in [-0.2, 0) is 0 Å². The minimum atomic E-state index is -0.102. The van der Waals surface area contributed by atoms with Crippen molar-refractivity contribution in [3.8, 4) is 0 Å². The van der Waals surface area contributed by atoms with Gasteiger partial charge < -0.3 is 90.1 Å². The van der Waals surface area contributed by atoms with Crippen molar-refractivity contribution in [2.45, 2.75) is 170 Å². The molecule has 0 spiro atoms. The molecule has 0 aromatic heterocycles. The van der Waals surface area contributed by atoms with E-state index < -0.39 is 0 Å². The van der Waals surface area contributed by atoms with E-state index in [0.29, 0.717) is 11.8 Å². The van der Waals surface area contributed by atoms with Gasteiger partial charge in [0.2, 0.25) is 0 Å². The molecule has 16 heteroatoms. The van der Waals surface area contributed by atoms with Crippen LogP contribution >= 0.6 is 0 Å².